The predicted molar refractivity (Wildman–Crippen MR) is 260 cm³/mol. The van der Waals surface area contributed by atoms with Crippen LogP contribution in [0.4, 0.5) is 28.4 Å². The molecule has 2 atom stereocenters. The summed E-state index contributed by atoms with van der Waals surface area (Å²) in [4.78, 5) is 4.97. The lowest BCUT2D eigenvalue weighted by Gasteiger charge is -2.33. The quantitative estimate of drug-likeness (QED) is 0.165. The maximum atomic E-state index is 2.66. The molecule has 1 heterocycles. The van der Waals surface area contributed by atoms with Gasteiger partial charge in [0, 0.05) is 45.2 Å². The van der Waals surface area contributed by atoms with Crippen LogP contribution in [0, 0.1) is 0 Å². The highest BCUT2D eigenvalue weighted by atomic mass is 15.2. The van der Waals surface area contributed by atoms with Crippen molar-refractivity contribution in [1.29, 1.82) is 0 Å². The van der Waals surface area contributed by atoms with Crippen molar-refractivity contribution in [3.63, 3.8) is 0 Å². The molecule has 0 bridgehead atoms. The zero-order valence-corrected chi connectivity index (χ0v) is 35.7. The first-order valence-corrected chi connectivity index (χ1v) is 22.1. The van der Waals surface area contributed by atoms with Crippen LogP contribution in [-0.4, -0.2) is 6.04 Å². The van der Waals surface area contributed by atoms with Gasteiger partial charge in [0.1, 0.15) is 0 Å². The minimum absolute atomic E-state index is 0.0710. The van der Waals surface area contributed by atoms with Crippen molar-refractivity contribution in [3.8, 4) is 33.4 Å². The fourth-order valence-corrected chi connectivity index (χ4v) is 11.2. The molecule has 3 aliphatic carbocycles. The molecule has 298 valence electrons. The Morgan fingerprint density at radius 1 is 0.419 bits per heavy atom. The smallest absolute Gasteiger partial charge is 0.0632 e. The molecule has 0 spiro atoms. The summed E-state index contributed by atoms with van der Waals surface area (Å²) in [6.07, 6.45) is 5.24. The van der Waals surface area contributed by atoms with Crippen LogP contribution in [0.3, 0.4) is 0 Å². The Kier molecular flexibility index (Phi) is 8.09. The molecular formula is C60H48N2. The van der Waals surface area contributed by atoms with E-state index in [0.717, 1.165) is 17.1 Å². The van der Waals surface area contributed by atoms with Crippen LogP contribution in [0.15, 0.2) is 212 Å². The molecule has 8 aromatic carbocycles. The maximum Gasteiger partial charge on any atom is 0.0632 e. The molecule has 2 unspecified atom stereocenters. The Balaban J connectivity index is 0.941. The number of allylic oxidation sites excluding steroid dienone is 2. The molecule has 0 saturated carbocycles. The van der Waals surface area contributed by atoms with Gasteiger partial charge in [-0.15, -0.1) is 0 Å². The van der Waals surface area contributed by atoms with Crippen LogP contribution in [-0.2, 0) is 10.8 Å². The van der Waals surface area contributed by atoms with E-state index in [1.54, 1.807) is 0 Å². The molecule has 0 amide bonds. The molecule has 62 heavy (non-hydrogen) atoms. The molecular weight excluding hydrogens is 749 g/mol. The molecule has 12 rings (SSSR count). The summed E-state index contributed by atoms with van der Waals surface area (Å²) in [6, 6.07) is 71.8. The maximum absolute atomic E-state index is 2.66. The molecule has 0 aromatic heterocycles. The minimum Gasteiger partial charge on any atom is -0.333 e. The first-order chi connectivity index (χ1) is 30.3. The highest BCUT2D eigenvalue weighted by Gasteiger charge is 2.48. The average Bonchev–Trinajstić information content (AvgIpc) is 3.84. The zero-order valence-electron chi connectivity index (χ0n) is 35.7. The van der Waals surface area contributed by atoms with Gasteiger partial charge in [-0.2, -0.15) is 0 Å². The summed E-state index contributed by atoms with van der Waals surface area (Å²) >= 11 is 0. The fraction of sp³-hybridized carbons (Fsp3) is 0.133. The van der Waals surface area contributed by atoms with Crippen LogP contribution in [0.25, 0.3) is 39.0 Å². The van der Waals surface area contributed by atoms with Crippen molar-refractivity contribution in [2.75, 3.05) is 9.80 Å². The molecule has 0 fully saturated rings. The van der Waals surface area contributed by atoms with Crippen LogP contribution in [0.2, 0.25) is 0 Å². The third-order valence-corrected chi connectivity index (χ3v) is 14.4. The standard InChI is InChI=1S/C60H48N2/c1-59(2)53-27-13-11-25-47(53)49-35-51-52-36-50-48-26-12-14-28-54(48)60(3,4)56(50)38-58(52)62(57(51)37-55(49)59)46-24-16-19-42(34-46)41-18-15-17-40(33-41)39-29-31-45(32-30-39)61(43-20-7-5-8-21-43)44-22-9-6-10-23-44/h5-38,51,57H,1-4H3. The van der Waals surface area contributed by atoms with Crippen LogP contribution in [0.1, 0.15) is 61.4 Å². The first kappa shape index (κ1) is 36.7. The number of fused-ring (bicyclic) bond motifs is 9. The monoisotopic (exact) mass is 796 g/mol. The summed E-state index contributed by atoms with van der Waals surface area (Å²) in [5, 5.41) is 0. The number of hydrogen-bond acceptors (Lipinski definition) is 2. The summed E-state index contributed by atoms with van der Waals surface area (Å²) in [5.41, 5.74) is 23.3. The van der Waals surface area contributed by atoms with Gasteiger partial charge in [-0.1, -0.05) is 167 Å². The summed E-state index contributed by atoms with van der Waals surface area (Å²) in [7, 11) is 0. The normalized spacial score (nSPS) is 18.1. The molecule has 4 aliphatic rings. The van der Waals surface area contributed by atoms with E-state index < -0.39 is 0 Å². The Morgan fingerprint density at radius 2 is 0.984 bits per heavy atom. The summed E-state index contributed by atoms with van der Waals surface area (Å²) < 4.78 is 0. The highest BCUT2D eigenvalue weighted by molar-refractivity contribution is 5.95. The molecule has 2 heteroatoms. The number of nitrogens with zero attached hydrogens (tertiary/aromatic N) is 2. The van der Waals surface area contributed by atoms with Gasteiger partial charge in [0.25, 0.3) is 0 Å². The van der Waals surface area contributed by atoms with Gasteiger partial charge in [0.2, 0.25) is 0 Å². The fourth-order valence-electron chi connectivity index (χ4n) is 11.2. The van der Waals surface area contributed by atoms with E-state index >= 15 is 0 Å². The van der Waals surface area contributed by atoms with E-state index in [1.807, 2.05) is 0 Å². The molecule has 0 saturated heterocycles. The third-order valence-electron chi connectivity index (χ3n) is 14.4. The largest absolute Gasteiger partial charge is 0.333 e. The Morgan fingerprint density at radius 3 is 1.68 bits per heavy atom. The second kappa shape index (κ2) is 13.7. The second-order valence-electron chi connectivity index (χ2n) is 18.5. The Hall–Kier alpha value is -7.16. The third kappa shape index (κ3) is 5.49. The Labute approximate surface area is 365 Å². The number of benzene rings is 8. The van der Waals surface area contributed by atoms with E-state index in [4.69, 9.17) is 0 Å². The molecule has 8 aromatic rings. The zero-order chi connectivity index (χ0) is 41.7. The van der Waals surface area contributed by atoms with Crippen molar-refractivity contribution in [2.45, 2.75) is 50.5 Å². The predicted octanol–water partition coefficient (Wildman–Crippen LogP) is 15.7. The van der Waals surface area contributed by atoms with Crippen molar-refractivity contribution < 1.29 is 0 Å². The number of para-hydroxylation sites is 2. The van der Waals surface area contributed by atoms with Gasteiger partial charge in [-0.3, -0.25) is 0 Å². The molecule has 2 nitrogen and oxygen atoms in total. The van der Waals surface area contributed by atoms with E-state index in [0.29, 0.717) is 0 Å². The van der Waals surface area contributed by atoms with Crippen molar-refractivity contribution in [3.05, 3.63) is 240 Å². The van der Waals surface area contributed by atoms with Crippen molar-refractivity contribution in [1.82, 2.24) is 0 Å². The van der Waals surface area contributed by atoms with Gasteiger partial charge in [-0.25, -0.2) is 0 Å². The van der Waals surface area contributed by atoms with Gasteiger partial charge in [-0.05, 0) is 139 Å². The number of rotatable bonds is 6. The summed E-state index contributed by atoms with van der Waals surface area (Å²) in [5.74, 6) is 0.224. The number of hydrogen-bond donors (Lipinski definition) is 0. The minimum atomic E-state index is -0.0867. The first-order valence-electron chi connectivity index (χ1n) is 22.1. The average molecular weight is 797 g/mol. The van der Waals surface area contributed by atoms with Crippen molar-refractivity contribution >= 4 is 34.0 Å². The number of anilines is 5. The lowest BCUT2D eigenvalue weighted by Crippen LogP contribution is -2.31. The highest BCUT2D eigenvalue weighted by Crippen LogP contribution is 2.60. The summed E-state index contributed by atoms with van der Waals surface area (Å²) in [6.45, 7) is 9.61. The van der Waals surface area contributed by atoms with E-state index in [-0.39, 0.29) is 22.8 Å². The second-order valence-corrected chi connectivity index (χ2v) is 18.5. The van der Waals surface area contributed by atoms with Gasteiger partial charge in [0.15, 0.2) is 0 Å². The Bertz CT molecular complexity index is 3090. The van der Waals surface area contributed by atoms with Gasteiger partial charge in [0.05, 0.1) is 6.04 Å². The van der Waals surface area contributed by atoms with E-state index in [1.165, 1.54) is 83.7 Å². The molecule has 0 N–H and O–H groups in total. The lowest BCUT2D eigenvalue weighted by molar-refractivity contribution is 0.639. The topological polar surface area (TPSA) is 6.48 Å². The van der Waals surface area contributed by atoms with Gasteiger partial charge < -0.3 is 9.80 Å². The van der Waals surface area contributed by atoms with Crippen LogP contribution >= 0.6 is 0 Å². The lowest BCUT2D eigenvalue weighted by atomic mass is 9.76. The van der Waals surface area contributed by atoms with Crippen molar-refractivity contribution in [2.24, 2.45) is 0 Å². The van der Waals surface area contributed by atoms with E-state index in [9.17, 15) is 0 Å². The van der Waals surface area contributed by atoms with Gasteiger partial charge >= 0.3 is 0 Å². The van der Waals surface area contributed by atoms with Crippen LogP contribution in [0.5, 0.6) is 0 Å². The van der Waals surface area contributed by atoms with E-state index in [2.05, 4.69) is 244 Å². The molecule has 0 radical (unpaired) electrons. The van der Waals surface area contributed by atoms with Crippen LogP contribution < -0.4 is 9.80 Å². The SMILES string of the molecule is CC1(C)C2=CC3C(C=C2c2ccccc21)c1cc2c(cc1N3c1cccc(-c3cccc(-c4ccc(N(c5ccccc5)c5ccccc5)cc4)c3)c1)C(C)(C)c1ccccc1-2. The molecule has 1 aliphatic heterocycles.